The Balaban J connectivity index is 2.50. The summed E-state index contributed by atoms with van der Waals surface area (Å²) in [4.78, 5) is 3.50. The van der Waals surface area contributed by atoms with Crippen LogP contribution in [0.15, 0.2) is 12.4 Å². The maximum Gasteiger partial charge on any atom is 0.497 e. The highest BCUT2D eigenvalue weighted by Gasteiger charge is 2.54. The van der Waals surface area contributed by atoms with Crippen LogP contribution < -0.4 is 11.2 Å². The zero-order valence-corrected chi connectivity index (χ0v) is 11.7. The Hall–Kier alpha value is -1.28. The molecule has 0 unspecified atom stereocenters. The van der Waals surface area contributed by atoms with Gasteiger partial charge >= 0.3 is 13.3 Å². The van der Waals surface area contributed by atoms with Crippen LogP contribution in [0.5, 0.6) is 0 Å². The SMILES string of the molecule is CC1(C)OB(c2c(N)cncc2C(F)(F)F)OC1(C)C. The minimum absolute atomic E-state index is 0.0988. The summed E-state index contributed by atoms with van der Waals surface area (Å²) in [5, 5.41) is 0. The van der Waals surface area contributed by atoms with Gasteiger partial charge in [0.2, 0.25) is 0 Å². The second kappa shape index (κ2) is 4.36. The van der Waals surface area contributed by atoms with Gasteiger partial charge in [-0.2, -0.15) is 13.2 Å². The van der Waals surface area contributed by atoms with Crippen molar-refractivity contribution in [2.75, 3.05) is 5.73 Å². The first-order chi connectivity index (χ1) is 8.96. The molecule has 110 valence electrons. The number of pyridine rings is 1. The van der Waals surface area contributed by atoms with Crippen molar-refractivity contribution in [3.8, 4) is 0 Å². The Morgan fingerprint density at radius 3 is 2.05 bits per heavy atom. The van der Waals surface area contributed by atoms with Gasteiger partial charge in [0, 0.05) is 17.9 Å². The summed E-state index contributed by atoms with van der Waals surface area (Å²) in [6, 6.07) is 0. The van der Waals surface area contributed by atoms with Crippen molar-refractivity contribution >= 4 is 18.3 Å². The number of aromatic nitrogens is 1. The molecule has 1 aromatic heterocycles. The van der Waals surface area contributed by atoms with Gasteiger partial charge in [0.05, 0.1) is 22.5 Å². The highest BCUT2D eigenvalue weighted by Crippen LogP contribution is 2.38. The molecule has 0 radical (unpaired) electrons. The van der Waals surface area contributed by atoms with E-state index in [1.807, 2.05) is 0 Å². The number of hydrogen-bond donors (Lipinski definition) is 1. The summed E-state index contributed by atoms with van der Waals surface area (Å²) in [5.74, 6) is 0. The van der Waals surface area contributed by atoms with Crippen LogP contribution in [-0.2, 0) is 15.5 Å². The van der Waals surface area contributed by atoms with Gasteiger partial charge in [-0.1, -0.05) is 0 Å². The van der Waals surface area contributed by atoms with Crippen LogP contribution >= 0.6 is 0 Å². The zero-order valence-electron chi connectivity index (χ0n) is 11.7. The van der Waals surface area contributed by atoms with E-state index in [2.05, 4.69) is 4.98 Å². The monoisotopic (exact) mass is 288 g/mol. The molecule has 1 saturated heterocycles. The number of halogens is 3. The van der Waals surface area contributed by atoms with Crippen molar-refractivity contribution in [1.29, 1.82) is 0 Å². The van der Waals surface area contributed by atoms with Gasteiger partial charge in [-0.25, -0.2) is 0 Å². The summed E-state index contributed by atoms with van der Waals surface area (Å²) in [6.45, 7) is 7.05. The number of hydrogen-bond acceptors (Lipinski definition) is 4. The van der Waals surface area contributed by atoms with E-state index >= 15 is 0 Å². The maximum atomic E-state index is 13.1. The number of nitrogens with zero attached hydrogens (tertiary/aromatic N) is 1. The average Bonchev–Trinajstić information content (AvgIpc) is 2.46. The molecule has 2 rings (SSSR count). The lowest BCUT2D eigenvalue weighted by molar-refractivity contribution is -0.137. The molecule has 0 aromatic carbocycles. The molecule has 4 nitrogen and oxygen atoms in total. The minimum Gasteiger partial charge on any atom is -0.399 e. The fourth-order valence-corrected chi connectivity index (χ4v) is 1.94. The lowest BCUT2D eigenvalue weighted by Gasteiger charge is -2.32. The Kier molecular flexibility index (Phi) is 3.30. The summed E-state index contributed by atoms with van der Waals surface area (Å²) >= 11 is 0. The number of anilines is 1. The van der Waals surface area contributed by atoms with Crippen LogP contribution in [0.4, 0.5) is 18.9 Å². The van der Waals surface area contributed by atoms with E-state index in [1.54, 1.807) is 27.7 Å². The Bertz CT molecular complexity index is 516. The number of rotatable bonds is 1. The summed E-state index contributed by atoms with van der Waals surface area (Å²) < 4.78 is 50.5. The smallest absolute Gasteiger partial charge is 0.399 e. The van der Waals surface area contributed by atoms with Gasteiger partial charge in [0.25, 0.3) is 0 Å². The number of alkyl halides is 3. The molecule has 0 spiro atoms. The lowest BCUT2D eigenvalue weighted by Crippen LogP contribution is -2.41. The maximum absolute atomic E-state index is 13.1. The highest BCUT2D eigenvalue weighted by atomic mass is 19.4. The molecule has 0 saturated carbocycles. The quantitative estimate of drug-likeness (QED) is 0.803. The van der Waals surface area contributed by atoms with E-state index in [-0.39, 0.29) is 11.2 Å². The Labute approximate surface area is 115 Å². The second-order valence-electron chi connectivity index (χ2n) is 5.78. The normalized spacial score (nSPS) is 21.2. The van der Waals surface area contributed by atoms with Gasteiger partial charge in [-0.3, -0.25) is 4.98 Å². The fraction of sp³-hybridized carbons (Fsp3) is 0.583. The van der Waals surface area contributed by atoms with Crippen LogP contribution in [0, 0.1) is 0 Å². The first-order valence-corrected chi connectivity index (χ1v) is 6.12. The van der Waals surface area contributed by atoms with E-state index in [9.17, 15) is 13.2 Å². The van der Waals surface area contributed by atoms with Gasteiger partial charge in [-0.05, 0) is 27.7 Å². The number of nitrogen functional groups attached to an aromatic ring is 1. The van der Waals surface area contributed by atoms with Crippen LogP contribution in [0.25, 0.3) is 0 Å². The standard InChI is InChI=1S/C12H16BF3N2O2/c1-10(2)11(3,4)20-13(19-10)9-7(12(14,15)16)5-18-6-8(9)17/h5-6H,17H2,1-4H3. The van der Waals surface area contributed by atoms with Gasteiger partial charge in [0.1, 0.15) is 0 Å². The summed E-state index contributed by atoms with van der Waals surface area (Å²) in [7, 11) is -1.17. The third kappa shape index (κ3) is 2.38. The van der Waals surface area contributed by atoms with E-state index in [0.717, 1.165) is 12.4 Å². The molecule has 0 bridgehead atoms. The van der Waals surface area contributed by atoms with Crippen molar-refractivity contribution in [3.63, 3.8) is 0 Å². The Morgan fingerprint density at radius 2 is 1.60 bits per heavy atom. The molecule has 20 heavy (non-hydrogen) atoms. The van der Waals surface area contributed by atoms with Crippen LogP contribution in [0.2, 0.25) is 0 Å². The molecule has 8 heteroatoms. The van der Waals surface area contributed by atoms with Crippen LogP contribution in [0.3, 0.4) is 0 Å². The van der Waals surface area contributed by atoms with Crippen molar-refractivity contribution in [2.45, 2.75) is 45.1 Å². The molecule has 2 N–H and O–H groups in total. The predicted octanol–water partition coefficient (Wildman–Crippen LogP) is 1.98. The third-order valence-electron chi connectivity index (χ3n) is 3.81. The van der Waals surface area contributed by atoms with Crippen molar-refractivity contribution in [3.05, 3.63) is 18.0 Å². The summed E-state index contributed by atoms with van der Waals surface area (Å²) in [6.07, 6.45) is -2.67. The first-order valence-electron chi connectivity index (χ1n) is 6.12. The molecule has 1 aromatic rings. The molecule has 1 aliphatic rings. The minimum atomic E-state index is -4.57. The molecule has 1 fully saturated rings. The van der Waals surface area contributed by atoms with Crippen LogP contribution in [0.1, 0.15) is 33.3 Å². The van der Waals surface area contributed by atoms with Gasteiger partial charge in [0.15, 0.2) is 0 Å². The number of nitrogens with two attached hydrogens (primary N) is 1. The molecule has 0 aliphatic carbocycles. The van der Waals surface area contributed by atoms with Crippen LogP contribution in [-0.4, -0.2) is 23.3 Å². The van der Waals surface area contributed by atoms with Crippen molar-refractivity contribution in [1.82, 2.24) is 4.98 Å². The molecule has 1 aliphatic heterocycles. The molecule has 0 atom stereocenters. The van der Waals surface area contributed by atoms with E-state index in [0.29, 0.717) is 0 Å². The Morgan fingerprint density at radius 1 is 1.10 bits per heavy atom. The van der Waals surface area contributed by atoms with E-state index in [4.69, 9.17) is 15.0 Å². The van der Waals surface area contributed by atoms with Gasteiger partial charge < -0.3 is 15.0 Å². The largest absolute Gasteiger partial charge is 0.497 e. The van der Waals surface area contributed by atoms with E-state index in [1.165, 1.54) is 0 Å². The topological polar surface area (TPSA) is 57.4 Å². The molecular formula is C12H16BF3N2O2. The average molecular weight is 288 g/mol. The summed E-state index contributed by atoms with van der Waals surface area (Å²) in [5.41, 5.74) is 2.92. The fourth-order valence-electron chi connectivity index (χ4n) is 1.94. The molecular weight excluding hydrogens is 272 g/mol. The van der Waals surface area contributed by atoms with Crippen molar-refractivity contribution < 1.29 is 22.5 Å². The lowest BCUT2D eigenvalue weighted by atomic mass is 9.75. The van der Waals surface area contributed by atoms with Gasteiger partial charge in [-0.15, -0.1) is 0 Å². The van der Waals surface area contributed by atoms with Crippen molar-refractivity contribution in [2.24, 2.45) is 0 Å². The zero-order chi connectivity index (χ0) is 15.3. The predicted molar refractivity (Wildman–Crippen MR) is 69.4 cm³/mol. The second-order valence-corrected chi connectivity index (χ2v) is 5.78. The molecule has 0 amide bonds. The van der Waals surface area contributed by atoms with E-state index < -0.39 is 30.1 Å². The third-order valence-corrected chi connectivity index (χ3v) is 3.81. The highest BCUT2D eigenvalue weighted by molar-refractivity contribution is 6.64. The molecule has 2 heterocycles. The first kappa shape index (κ1) is 15.1.